The van der Waals surface area contributed by atoms with E-state index in [4.69, 9.17) is 5.11 Å². The van der Waals surface area contributed by atoms with E-state index in [9.17, 15) is 9.59 Å². The van der Waals surface area contributed by atoms with Crippen molar-refractivity contribution < 1.29 is 14.7 Å². The van der Waals surface area contributed by atoms with E-state index in [1.165, 1.54) is 0 Å². The third-order valence-electron chi connectivity index (χ3n) is 3.21. The first-order valence-corrected chi connectivity index (χ1v) is 6.64. The summed E-state index contributed by atoms with van der Waals surface area (Å²) in [4.78, 5) is 22.8. The number of carbonyl (C=O) groups excluding carboxylic acids is 2. The average Bonchev–Trinajstić information content (AvgIpc) is 3.06. The Morgan fingerprint density at radius 3 is 2.33 bits per heavy atom. The van der Waals surface area contributed by atoms with E-state index in [1.807, 2.05) is 13.8 Å². The lowest BCUT2D eigenvalue weighted by Gasteiger charge is -2.12. The summed E-state index contributed by atoms with van der Waals surface area (Å²) in [6.45, 7) is 4.52. The number of aliphatic hydroxyl groups excluding tert-OH is 1. The van der Waals surface area contributed by atoms with Gasteiger partial charge in [0.25, 0.3) is 0 Å². The standard InChI is InChI=1S/C13H24N2O3/c1-10(2)15-12(18)5-3-4-11(17)14-8-13(9-16)6-7-13/h10,16H,3-9H2,1-2H3,(H,14,17)(H,15,18). The van der Waals surface area contributed by atoms with E-state index < -0.39 is 0 Å². The lowest BCUT2D eigenvalue weighted by molar-refractivity contribution is -0.122. The van der Waals surface area contributed by atoms with Crippen LogP contribution in [0.1, 0.15) is 46.0 Å². The summed E-state index contributed by atoms with van der Waals surface area (Å²) in [6.07, 6.45) is 3.29. The van der Waals surface area contributed by atoms with Crippen molar-refractivity contribution in [1.82, 2.24) is 10.6 Å². The Kier molecular flexibility index (Phi) is 5.59. The minimum Gasteiger partial charge on any atom is -0.396 e. The van der Waals surface area contributed by atoms with Gasteiger partial charge < -0.3 is 15.7 Å². The van der Waals surface area contributed by atoms with Gasteiger partial charge in [-0.2, -0.15) is 0 Å². The second-order valence-electron chi connectivity index (χ2n) is 5.51. The molecular formula is C13H24N2O3. The molecule has 3 N–H and O–H groups in total. The molecule has 0 aliphatic heterocycles. The first kappa shape index (κ1) is 15.0. The van der Waals surface area contributed by atoms with Crippen LogP contribution in [0.2, 0.25) is 0 Å². The molecule has 0 bridgehead atoms. The van der Waals surface area contributed by atoms with Crippen molar-refractivity contribution in [1.29, 1.82) is 0 Å². The Labute approximate surface area is 108 Å². The normalized spacial score (nSPS) is 16.4. The maximum atomic E-state index is 11.5. The molecule has 1 saturated carbocycles. The van der Waals surface area contributed by atoms with Crippen molar-refractivity contribution >= 4 is 11.8 Å². The molecule has 1 fully saturated rings. The summed E-state index contributed by atoms with van der Waals surface area (Å²) in [5.74, 6) is -0.0427. The molecule has 0 unspecified atom stereocenters. The minimum absolute atomic E-state index is 0.00757. The van der Waals surface area contributed by atoms with Crippen LogP contribution >= 0.6 is 0 Å². The second kappa shape index (κ2) is 6.73. The fraction of sp³-hybridized carbons (Fsp3) is 0.846. The molecule has 0 saturated heterocycles. The Balaban J connectivity index is 2.05. The highest BCUT2D eigenvalue weighted by molar-refractivity contribution is 5.79. The molecule has 0 aromatic carbocycles. The van der Waals surface area contributed by atoms with Crippen molar-refractivity contribution in [2.24, 2.45) is 5.41 Å². The van der Waals surface area contributed by atoms with Gasteiger partial charge in [-0.05, 0) is 33.1 Å². The molecule has 1 aliphatic rings. The van der Waals surface area contributed by atoms with Crippen LogP contribution in [-0.4, -0.2) is 36.1 Å². The summed E-state index contributed by atoms with van der Waals surface area (Å²) in [5, 5.41) is 14.7. The zero-order valence-electron chi connectivity index (χ0n) is 11.3. The van der Waals surface area contributed by atoms with Gasteiger partial charge in [0.1, 0.15) is 0 Å². The van der Waals surface area contributed by atoms with Crippen LogP contribution in [0.3, 0.4) is 0 Å². The highest BCUT2D eigenvalue weighted by Crippen LogP contribution is 2.44. The van der Waals surface area contributed by atoms with E-state index in [-0.39, 0.29) is 29.9 Å². The predicted octanol–water partition coefficient (Wildman–Crippen LogP) is 0.570. The maximum Gasteiger partial charge on any atom is 0.220 e. The molecule has 2 amide bonds. The van der Waals surface area contributed by atoms with E-state index in [0.29, 0.717) is 25.8 Å². The van der Waals surface area contributed by atoms with Gasteiger partial charge in [-0.3, -0.25) is 9.59 Å². The van der Waals surface area contributed by atoms with Gasteiger partial charge in [-0.25, -0.2) is 0 Å². The van der Waals surface area contributed by atoms with Crippen LogP contribution < -0.4 is 10.6 Å². The van der Waals surface area contributed by atoms with Crippen molar-refractivity contribution in [3.8, 4) is 0 Å². The molecule has 0 radical (unpaired) electrons. The molecule has 0 spiro atoms. The first-order chi connectivity index (χ1) is 8.47. The zero-order chi connectivity index (χ0) is 13.6. The van der Waals surface area contributed by atoms with Gasteiger partial charge in [-0.1, -0.05) is 0 Å². The Morgan fingerprint density at radius 1 is 1.22 bits per heavy atom. The van der Waals surface area contributed by atoms with Crippen LogP contribution in [0.5, 0.6) is 0 Å². The van der Waals surface area contributed by atoms with Crippen molar-refractivity contribution in [3.05, 3.63) is 0 Å². The molecule has 5 nitrogen and oxygen atoms in total. The summed E-state index contributed by atoms with van der Waals surface area (Å²) < 4.78 is 0. The van der Waals surface area contributed by atoms with Crippen LogP contribution in [0.15, 0.2) is 0 Å². The van der Waals surface area contributed by atoms with Gasteiger partial charge in [0.15, 0.2) is 0 Å². The fourth-order valence-corrected chi connectivity index (χ4v) is 1.75. The fourth-order valence-electron chi connectivity index (χ4n) is 1.75. The lowest BCUT2D eigenvalue weighted by Crippen LogP contribution is -2.32. The number of rotatable bonds is 8. The molecule has 104 valence electrons. The predicted molar refractivity (Wildman–Crippen MR) is 68.9 cm³/mol. The molecule has 18 heavy (non-hydrogen) atoms. The number of aliphatic hydroxyl groups is 1. The van der Waals surface area contributed by atoms with Gasteiger partial charge in [0.05, 0.1) is 6.61 Å². The largest absolute Gasteiger partial charge is 0.396 e. The van der Waals surface area contributed by atoms with Gasteiger partial charge in [-0.15, -0.1) is 0 Å². The molecule has 0 heterocycles. The van der Waals surface area contributed by atoms with E-state index in [0.717, 1.165) is 12.8 Å². The zero-order valence-corrected chi connectivity index (χ0v) is 11.3. The molecule has 1 aliphatic carbocycles. The minimum atomic E-state index is -0.0509. The first-order valence-electron chi connectivity index (χ1n) is 6.64. The maximum absolute atomic E-state index is 11.5. The highest BCUT2D eigenvalue weighted by Gasteiger charge is 2.41. The topological polar surface area (TPSA) is 78.4 Å². The monoisotopic (exact) mass is 256 g/mol. The quantitative estimate of drug-likeness (QED) is 0.594. The lowest BCUT2D eigenvalue weighted by atomic mass is 10.1. The van der Waals surface area contributed by atoms with Crippen LogP contribution in [0, 0.1) is 5.41 Å². The van der Waals surface area contributed by atoms with Crippen molar-refractivity contribution in [2.75, 3.05) is 13.2 Å². The Bertz CT molecular complexity index is 299. The number of amides is 2. The molecular weight excluding hydrogens is 232 g/mol. The molecule has 0 aromatic rings. The highest BCUT2D eigenvalue weighted by atomic mass is 16.3. The van der Waals surface area contributed by atoms with E-state index in [2.05, 4.69) is 10.6 Å². The smallest absolute Gasteiger partial charge is 0.220 e. The van der Waals surface area contributed by atoms with Crippen molar-refractivity contribution in [2.45, 2.75) is 52.0 Å². The molecule has 0 aromatic heterocycles. The second-order valence-corrected chi connectivity index (χ2v) is 5.51. The number of hydrogen-bond donors (Lipinski definition) is 3. The third kappa shape index (κ3) is 5.49. The average molecular weight is 256 g/mol. The van der Waals surface area contributed by atoms with E-state index in [1.54, 1.807) is 0 Å². The number of hydrogen-bond acceptors (Lipinski definition) is 3. The number of nitrogens with one attached hydrogen (secondary N) is 2. The van der Waals surface area contributed by atoms with Crippen LogP contribution in [0.4, 0.5) is 0 Å². The molecule has 0 atom stereocenters. The van der Waals surface area contributed by atoms with Gasteiger partial charge >= 0.3 is 0 Å². The summed E-state index contributed by atoms with van der Waals surface area (Å²) in [6, 6.07) is 0.144. The molecule has 5 heteroatoms. The number of carbonyl (C=O) groups is 2. The summed E-state index contributed by atoms with van der Waals surface area (Å²) in [7, 11) is 0. The van der Waals surface area contributed by atoms with Gasteiger partial charge in [0, 0.05) is 30.8 Å². The van der Waals surface area contributed by atoms with E-state index >= 15 is 0 Å². The van der Waals surface area contributed by atoms with Crippen molar-refractivity contribution in [3.63, 3.8) is 0 Å². The Morgan fingerprint density at radius 2 is 1.83 bits per heavy atom. The van der Waals surface area contributed by atoms with Crippen LogP contribution in [0.25, 0.3) is 0 Å². The van der Waals surface area contributed by atoms with Crippen LogP contribution in [-0.2, 0) is 9.59 Å². The summed E-state index contributed by atoms with van der Waals surface area (Å²) in [5.41, 5.74) is -0.0509. The SMILES string of the molecule is CC(C)NC(=O)CCCC(=O)NCC1(CO)CC1. The molecule has 1 rings (SSSR count). The summed E-state index contributed by atoms with van der Waals surface area (Å²) >= 11 is 0. The van der Waals surface area contributed by atoms with Gasteiger partial charge in [0.2, 0.25) is 11.8 Å². The third-order valence-corrected chi connectivity index (χ3v) is 3.21. The Hall–Kier alpha value is -1.10.